The number of carbonyl (C=O) groups excluding carboxylic acids is 1. The Morgan fingerprint density at radius 2 is 2.16 bits per heavy atom. The molecular weight excluding hydrogens is 255 g/mol. The molecule has 0 aliphatic carbocycles. The Labute approximate surface area is 109 Å². The van der Waals surface area contributed by atoms with E-state index in [0.29, 0.717) is 0 Å². The number of carbonyl (C=O) groups is 1. The van der Waals surface area contributed by atoms with Gasteiger partial charge in [-0.2, -0.15) is 0 Å². The second kappa shape index (κ2) is 6.24. The molecule has 0 atom stereocenters. The fourth-order valence-electron chi connectivity index (χ4n) is 1.35. The van der Waals surface area contributed by atoms with Crippen LogP contribution in [0.15, 0.2) is 12.1 Å². The molecule has 0 radical (unpaired) electrons. The highest BCUT2D eigenvalue weighted by Gasteiger charge is 2.19. The van der Waals surface area contributed by atoms with Crippen molar-refractivity contribution in [2.75, 3.05) is 6.61 Å². The molecule has 0 fully saturated rings. The summed E-state index contributed by atoms with van der Waals surface area (Å²) in [6.07, 6.45) is 0. The van der Waals surface area contributed by atoms with Gasteiger partial charge in [-0.05, 0) is 18.4 Å². The lowest BCUT2D eigenvalue weighted by molar-refractivity contribution is -0.385. The van der Waals surface area contributed by atoms with Crippen molar-refractivity contribution in [1.82, 2.24) is 5.48 Å². The fourth-order valence-corrected chi connectivity index (χ4v) is 1.35. The van der Waals surface area contributed by atoms with Crippen LogP contribution in [0.3, 0.4) is 0 Å². The van der Waals surface area contributed by atoms with Crippen molar-refractivity contribution < 1.29 is 18.9 Å². The van der Waals surface area contributed by atoms with Gasteiger partial charge in [-0.25, -0.2) is 9.87 Å². The molecule has 0 aromatic heterocycles. The van der Waals surface area contributed by atoms with Crippen LogP contribution in [0.4, 0.5) is 10.1 Å². The van der Waals surface area contributed by atoms with Gasteiger partial charge in [-0.1, -0.05) is 13.8 Å². The van der Waals surface area contributed by atoms with E-state index < -0.39 is 22.2 Å². The molecule has 6 nitrogen and oxygen atoms in total. The van der Waals surface area contributed by atoms with Crippen LogP contribution in [-0.2, 0) is 4.84 Å². The number of nitro groups is 1. The van der Waals surface area contributed by atoms with Crippen molar-refractivity contribution in [1.29, 1.82) is 0 Å². The highest BCUT2D eigenvalue weighted by Crippen LogP contribution is 2.20. The van der Waals surface area contributed by atoms with Gasteiger partial charge < -0.3 is 0 Å². The van der Waals surface area contributed by atoms with Gasteiger partial charge in [0.05, 0.1) is 17.1 Å². The minimum atomic E-state index is -0.843. The van der Waals surface area contributed by atoms with Gasteiger partial charge >= 0.3 is 0 Å². The van der Waals surface area contributed by atoms with Gasteiger partial charge in [0.1, 0.15) is 5.82 Å². The van der Waals surface area contributed by atoms with Gasteiger partial charge in [0, 0.05) is 12.1 Å². The minimum Gasteiger partial charge on any atom is -0.273 e. The number of hydroxylamine groups is 1. The Morgan fingerprint density at radius 3 is 2.68 bits per heavy atom. The van der Waals surface area contributed by atoms with E-state index in [2.05, 4.69) is 5.48 Å². The summed E-state index contributed by atoms with van der Waals surface area (Å²) in [6, 6.07) is 1.96. The number of benzene rings is 1. The number of nitro benzene ring substituents is 1. The van der Waals surface area contributed by atoms with E-state index in [-0.39, 0.29) is 23.8 Å². The molecule has 104 valence electrons. The van der Waals surface area contributed by atoms with E-state index in [9.17, 15) is 19.3 Å². The van der Waals surface area contributed by atoms with Crippen LogP contribution in [0.25, 0.3) is 0 Å². The van der Waals surface area contributed by atoms with Crippen molar-refractivity contribution >= 4 is 11.6 Å². The molecule has 0 saturated carbocycles. The van der Waals surface area contributed by atoms with Crippen LogP contribution >= 0.6 is 0 Å². The number of nitrogens with one attached hydrogen (secondary N) is 1. The summed E-state index contributed by atoms with van der Waals surface area (Å²) < 4.78 is 13.7. The lowest BCUT2D eigenvalue weighted by atomic mass is 10.1. The molecule has 0 bridgehead atoms. The second-order valence-corrected chi connectivity index (χ2v) is 4.52. The highest BCUT2D eigenvalue weighted by molar-refractivity contribution is 5.94. The van der Waals surface area contributed by atoms with Crippen molar-refractivity contribution in [3.8, 4) is 0 Å². The Bertz CT molecular complexity index is 503. The Balaban J connectivity index is 2.92. The molecular formula is C12H15FN2O4. The number of hydrogen-bond acceptors (Lipinski definition) is 4. The first-order valence-electron chi connectivity index (χ1n) is 5.69. The molecule has 1 amide bonds. The van der Waals surface area contributed by atoms with E-state index in [1.165, 1.54) is 6.92 Å². The number of amides is 1. The van der Waals surface area contributed by atoms with E-state index >= 15 is 0 Å². The first-order valence-corrected chi connectivity index (χ1v) is 5.69. The molecule has 0 aliphatic heterocycles. The summed E-state index contributed by atoms with van der Waals surface area (Å²) in [5.41, 5.74) is 1.35. The lowest BCUT2D eigenvalue weighted by Gasteiger charge is -2.09. The van der Waals surface area contributed by atoms with Crippen LogP contribution in [-0.4, -0.2) is 17.4 Å². The Morgan fingerprint density at radius 1 is 1.53 bits per heavy atom. The topological polar surface area (TPSA) is 81.5 Å². The summed E-state index contributed by atoms with van der Waals surface area (Å²) >= 11 is 0. The fraction of sp³-hybridized carbons (Fsp3) is 0.417. The van der Waals surface area contributed by atoms with Crippen LogP contribution in [0.5, 0.6) is 0 Å². The van der Waals surface area contributed by atoms with Gasteiger partial charge in [0.25, 0.3) is 11.6 Å². The van der Waals surface area contributed by atoms with Crippen LogP contribution in [0.2, 0.25) is 0 Å². The number of nitrogens with zero attached hydrogens (tertiary/aromatic N) is 1. The van der Waals surface area contributed by atoms with Crippen LogP contribution < -0.4 is 5.48 Å². The average molecular weight is 270 g/mol. The van der Waals surface area contributed by atoms with E-state index in [1.54, 1.807) is 0 Å². The molecule has 0 spiro atoms. The molecule has 7 heteroatoms. The van der Waals surface area contributed by atoms with E-state index in [1.807, 2.05) is 13.8 Å². The lowest BCUT2D eigenvalue weighted by Crippen LogP contribution is -2.26. The van der Waals surface area contributed by atoms with E-state index in [4.69, 9.17) is 4.84 Å². The Kier molecular flexibility index (Phi) is 4.94. The third kappa shape index (κ3) is 3.99. The number of halogens is 1. The summed E-state index contributed by atoms with van der Waals surface area (Å²) in [5, 5.41) is 10.7. The number of rotatable bonds is 5. The number of non-ortho nitro benzene ring substituents is 1. The smallest absolute Gasteiger partial charge is 0.273 e. The molecule has 0 heterocycles. The molecule has 1 aromatic carbocycles. The zero-order valence-electron chi connectivity index (χ0n) is 10.9. The predicted molar refractivity (Wildman–Crippen MR) is 66.0 cm³/mol. The summed E-state index contributed by atoms with van der Waals surface area (Å²) in [6.45, 7) is 5.38. The molecule has 1 N–H and O–H groups in total. The average Bonchev–Trinajstić information content (AvgIpc) is 2.31. The largest absolute Gasteiger partial charge is 0.278 e. The maximum Gasteiger partial charge on any atom is 0.278 e. The highest BCUT2D eigenvalue weighted by atomic mass is 19.1. The molecule has 0 unspecified atom stereocenters. The molecule has 19 heavy (non-hydrogen) atoms. The quantitative estimate of drug-likeness (QED) is 0.657. The molecule has 1 aromatic rings. The minimum absolute atomic E-state index is 0.0307. The maximum atomic E-state index is 13.7. The second-order valence-electron chi connectivity index (χ2n) is 4.52. The van der Waals surface area contributed by atoms with Gasteiger partial charge in [0.15, 0.2) is 0 Å². The molecule has 1 rings (SSSR count). The standard InChI is InChI=1S/C12H15FN2O4/c1-7(2)6-19-14-12(16)10-5-9(15(17)18)4-8(3)11(10)13/h4-5,7H,6H2,1-3H3,(H,14,16). The SMILES string of the molecule is Cc1cc([N+](=O)[O-])cc(C(=O)NOCC(C)C)c1F. The predicted octanol–water partition coefficient (Wildman–Crippen LogP) is 2.36. The number of aryl methyl sites for hydroxylation is 1. The van der Waals surface area contributed by atoms with Crippen molar-refractivity contribution in [3.05, 3.63) is 39.2 Å². The summed E-state index contributed by atoms with van der Waals surface area (Å²) in [7, 11) is 0. The van der Waals surface area contributed by atoms with Gasteiger partial charge in [0.2, 0.25) is 0 Å². The summed E-state index contributed by atoms with van der Waals surface area (Å²) in [4.78, 5) is 26.5. The number of hydrogen-bond donors (Lipinski definition) is 1. The van der Waals surface area contributed by atoms with Crippen LogP contribution in [0, 0.1) is 28.8 Å². The first kappa shape index (κ1) is 15.0. The van der Waals surface area contributed by atoms with E-state index in [0.717, 1.165) is 12.1 Å². The monoisotopic (exact) mass is 270 g/mol. The summed E-state index contributed by atoms with van der Waals surface area (Å²) in [5.74, 6) is -1.45. The first-order chi connectivity index (χ1) is 8.82. The third-order valence-electron chi connectivity index (χ3n) is 2.28. The zero-order chi connectivity index (χ0) is 14.6. The van der Waals surface area contributed by atoms with Crippen molar-refractivity contribution in [2.24, 2.45) is 5.92 Å². The molecule has 0 saturated heterocycles. The zero-order valence-corrected chi connectivity index (χ0v) is 10.9. The Hall–Kier alpha value is -2.02. The van der Waals surface area contributed by atoms with Crippen LogP contribution in [0.1, 0.15) is 29.8 Å². The van der Waals surface area contributed by atoms with Crippen molar-refractivity contribution in [3.63, 3.8) is 0 Å². The van der Waals surface area contributed by atoms with Gasteiger partial charge in [-0.15, -0.1) is 0 Å². The maximum absolute atomic E-state index is 13.7. The normalized spacial score (nSPS) is 10.6. The van der Waals surface area contributed by atoms with Crippen molar-refractivity contribution in [2.45, 2.75) is 20.8 Å². The molecule has 0 aliphatic rings. The third-order valence-corrected chi connectivity index (χ3v) is 2.28. The van der Waals surface area contributed by atoms with Gasteiger partial charge in [-0.3, -0.25) is 19.7 Å².